The molecule has 2 unspecified atom stereocenters. The van der Waals surface area contributed by atoms with Crippen molar-refractivity contribution >= 4 is 11.9 Å². The van der Waals surface area contributed by atoms with Crippen LogP contribution in [0.2, 0.25) is 0 Å². The summed E-state index contributed by atoms with van der Waals surface area (Å²) in [6.45, 7) is 4.99. The molecular formula is C71H139NO5. The fourth-order valence-electron chi connectivity index (χ4n) is 11.4. The number of rotatable bonds is 67. The Balaban J connectivity index is 3.33. The van der Waals surface area contributed by atoms with Gasteiger partial charge >= 0.3 is 5.97 Å². The van der Waals surface area contributed by atoms with Crippen molar-refractivity contribution in [1.82, 2.24) is 5.32 Å². The molecule has 0 saturated carbocycles. The van der Waals surface area contributed by atoms with Crippen LogP contribution in [0.3, 0.4) is 0 Å². The average Bonchev–Trinajstić information content (AvgIpc) is 3.43. The Hall–Kier alpha value is -1.40. The number of aliphatic hydroxyl groups excluding tert-OH is 2. The zero-order valence-electron chi connectivity index (χ0n) is 52.5. The largest absolute Gasteiger partial charge is 0.466 e. The van der Waals surface area contributed by atoms with Gasteiger partial charge in [0.05, 0.1) is 25.4 Å². The predicted molar refractivity (Wildman–Crippen MR) is 338 cm³/mol. The number of carbonyl (C=O) groups excluding carboxylic acids is 2. The van der Waals surface area contributed by atoms with Crippen LogP contribution in [0.4, 0.5) is 0 Å². The van der Waals surface area contributed by atoms with E-state index in [1.165, 1.54) is 327 Å². The highest BCUT2D eigenvalue weighted by Crippen LogP contribution is 2.19. The van der Waals surface area contributed by atoms with Crippen LogP contribution in [0.5, 0.6) is 0 Å². The second-order valence-electron chi connectivity index (χ2n) is 24.6. The molecule has 0 spiro atoms. The number of esters is 1. The van der Waals surface area contributed by atoms with Crippen LogP contribution in [0.25, 0.3) is 0 Å². The van der Waals surface area contributed by atoms with Crippen molar-refractivity contribution in [2.24, 2.45) is 0 Å². The lowest BCUT2D eigenvalue weighted by atomic mass is 10.0. The maximum absolute atomic E-state index is 12.5. The summed E-state index contributed by atoms with van der Waals surface area (Å²) in [5.41, 5.74) is 0. The highest BCUT2D eigenvalue weighted by Gasteiger charge is 2.20. The second kappa shape index (κ2) is 67.1. The smallest absolute Gasteiger partial charge is 0.305 e. The number of allylic oxidation sites excluding steroid dienone is 2. The maximum atomic E-state index is 12.5. The van der Waals surface area contributed by atoms with Crippen LogP contribution in [0.1, 0.15) is 406 Å². The van der Waals surface area contributed by atoms with E-state index in [1.807, 2.05) is 0 Å². The number of nitrogens with one attached hydrogen (secondary N) is 1. The van der Waals surface area contributed by atoms with Crippen molar-refractivity contribution < 1.29 is 24.5 Å². The lowest BCUT2D eigenvalue weighted by Gasteiger charge is -2.22. The number of hydrogen-bond donors (Lipinski definition) is 3. The molecule has 1 amide bonds. The van der Waals surface area contributed by atoms with Crippen LogP contribution >= 0.6 is 0 Å². The van der Waals surface area contributed by atoms with Gasteiger partial charge in [-0.1, -0.05) is 353 Å². The van der Waals surface area contributed by atoms with Crippen LogP contribution in [-0.4, -0.2) is 47.4 Å². The Bertz CT molecular complexity index is 1160. The first-order valence-corrected chi connectivity index (χ1v) is 35.4. The van der Waals surface area contributed by atoms with Gasteiger partial charge in [-0.05, 0) is 51.4 Å². The van der Waals surface area contributed by atoms with Crippen LogP contribution < -0.4 is 5.32 Å². The van der Waals surface area contributed by atoms with Crippen molar-refractivity contribution in [1.29, 1.82) is 0 Å². The number of unbranched alkanes of at least 4 members (excludes halogenated alkanes) is 54. The van der Waals surface area contributed by atoms with E-state index in [-0.39, 0.29) is 18.5 Å². The lowest BCUT2D eigenvalue weighted by Crippen LogP contribution is -2.45. The highest BCUT2D eigenvalue weighted by atomic mass is 16.5. The minimum absolute atomic E-state index is 0.0119. The first-order chi connectivity index (χ1) is 38.0. The Morgan fingerprint density at radius 3 is 0.922 bits per heavy atom. The maximum Gasteiger partial charge on any atom is 0.305 e. The molecule has 0 heterocycles. The molecule has 0 aliphatic carbocycles. The van der Waals surface area contributed by atoms with Gasteiger partial charge in [-0.25, -0.2) is 0 Å². The summed E-state index contributed by atoms with van der Waals surface area (Å²) in [5.74, 6) is -0.0160. The Kier molecular flexibility index (Phi) is 65.9. The molecule has 0 saturated heterocycles. The third kappa shape index (κ3) is 63.6. The van der Waals surface area contributed by atoms with Crippen molar-refractivity contribution in [3.8, 4) is 0 Å². The lowest BCUT2D eigenvalue weighted by molar-refractivity contribution is -0.143. The van der Waals surface area contributed by atoms with Gasteiger partial charge < -0.3 is 20.3 Å². The van der Waals surface area contributed by atoms with Gasteiger partial charge in [-0.2, -0.15) is 0 Å². The Morgan fingerprint density at radius 2 is 0.610 bits per heavy atom. The molecule has 2 atom stereocenters. The van der Waals surface area contributed by atoms with Gasteiger partial charge in [-0.3, -0.25) is 9.59 Å². The predicted octanol–water partition coefficient (Wildman–Crippen LogP) is 22.8. The van der Waals surface area contributed by atoms with Crippen molar-refractivity contribution in [3.05, 3.63) is 12.2 Å². The SMILES string of the molecule is CCCCCCCC/C=C\CCCCCCCC(=O)OCCCCCCCCCCCCCCCCCCCCCCCCCCCCCCC(=O)NC(CO)C(O)CCCCCCCCCCCCCCCCCCC. The molecule has 0 fully saturated rings. The summed E-state index contributed by atoms with van der Waals surface area (Å²) in [4.78, 5) is 24.6. The zero-order chi connectivity index (χ0) is 55.7. The van der Waals surface area contributed by atoms with E-state index in [1.54, 1.807) is 0 Å². The Morgan fingerprint density at radius 1 is 0.351 bits per heavy atom. The fourth-order valence-corrected chi connectivity index (χ4v) is 11.4. The van der Waals surface area contributed by atoms with Gasteiger partial charge in [0.1, 0.15) is 0 Å². The molecule has 0 aliphatic heterocycles. The molecule has 6 nitrogen and oxygen atoms in total. The van der Waals surface area contributed by atoms with Crippen molar-refractivity contribution in [2.75, 3.05) is 13.2 Å². The highest BCUT2D eigenvalue weighted by molar-refractivity contribution is 5.76. The van der Waals surface area contributed by atoms with E-state index >= 15 is 0 Å². The zero-order valence-corrected chi connectivity index (χ0v) is 52.5. The van der Waals surface area contributed by atoms with E-state index in [0.29, 0.717) is 25.9 Å². The first kappa shape index (κ1) is 75.6. The Labute approximate surface area is 482 Å². The van der Waals surface area contributed by atoms with E-state index < -0.39 is 12.1 Å². The third-order valence-electron chi connectivity index (χ3n) is 16.8. The summed E-state index contributed by atoms with van der Waals surface area (Å²) in [6.07, 6.45) is 82.6. The molecule has 77 heavy (non-hydrogen) atoms. The van der Waals surface area contributed by atoms with Gasteiger partial charge in [0, 0.05) is 12.8 Å². The minimum atomic E-state index is -0.662. The van der Waals surface area contributed by atoms with Crippen LogP contribution in [-0.2, 0) is 14.3 Å². The summed E-state index contributed by atoms with van der Waals surface area (Å²) in [6, 6.07) is -0.539. The molecule has 458 valence electrons. The number of ether oxygens (including phenoxy) is 1. The molecular weight excluding hydrogens is 947 g/mol. The third-order valence-corrected chi connectivity index (χ3v) is 16.8. The van der Waals surface area contributed by atoms with Crippen LogP contribution in [0.15, 0.2) is 12.2 Å². The quantitative estimate of drug-likeness (QED) is 0.0320. The van der Waals surface area contributed by atoms with Gasteiger partial charge in [-0.15, -0.1) is 0 Å². The molecule has 0 bridgehead atoms. The number of hydrogen-bond acceptors (Lipinski definition) is 5. The van der Waals surface area contributed by atoms with Crippen molar-refractivity contribution in [3.63, 3.8) is 0 Å². The molecule has 0 aromatic rings. The topological polar surface area (TPSA) is 95.9 Å². The summed E-state index contributed by atoms with van der Waals surface area (Å²) in [5, 5.41) is 23.4. The first-order valence-electron chi connectivity index (χ1n) is 35.4. The standard InChI is InChI=1S/C71H139NO5/c1-3-5-7-9-11-13-15-17-19-32-36-39-43-47-51-55-59-63-69(74)68(67-73)72-70(75)64-60-56-52-48-44-40-37-33-30-28-26-24-22-20-21-23-25-27-29-31-34-38-42-46-50-54-58-62-66-77-71(76)65-61-57-53-49-45-41-35-18-16-14-12-10-8-6-4-2/h18,35,68-69,73-74H,3-17,19-34,36-67H2,1-2H3,(H,72,75)/b35-18-. The molecule has 0 aliphatic rings. The number of aliphatic hydroxyl groups is 2. The van der Waals surface area contributed by atoms with E-state index in [0.717, 1.165) is 44.9 Å². The fraction of sp³-hybridized carbons (Fsp3) is 0.944. The normalized spacial score (nSPS) is 12.5. The van der Waals surface area contributed by atoms with Gasteiger partial charge in [0.25, 0.3) is 0 Å². The van der Waals surface area contributed by atoms with Crippen LogP contribution in [0, 0.1) is 0 Å². The summed E-state index contributed by atoms with van der Waals surface area (Å²) < 4.78 is 5.49. The van der Waals surface area contributed by atoms with E-state index in [2.05, 4.69) is 31.3 Å². The number of amides is 1. The monoisotopic (exact) mass is 1090 g/mol. The van der Waals surface area contributed by atoms with Crippen molar-refractivity contribution in [2.45, 2.75) is 418 Å². The molecule has 0 aromatic carbocycles. The average molecular weight is 1090 g/mol. The summed E-state index contributed by atoms with van der Waals surface area (Å²) in [7, 11) is 0. The van der Waals surface area contributed by atoms with E-state index in [9.17, 15) is 19.8 Å². The molecule has 0 radical (unpaired) electrons. The molecule has 3 N–H and O–H groups in total. The van der Waals surface area contributed by atoms with Gasteiger partial charge in [0.15, 0.2) is 0 Å². The molecule has 0 aromatic heterocycles. The number of carbonyl (C=O) groups is 2. The summed E-state index contributed by atoms with van der Waals surface area (Å²) >= 11 is 0. The molecule has 0 rings (SSSR count). The molecule has 6 heteroatoms. The second-order valence-corrected chi connectivity index (χ2v) is 24.6. The minimum Gasteiger partial charge on any atom is -0.466 e. The van der Waals surface area contributed by atoms with Gasteiger partial charge in [0.2, 0.25) is 5.91 Å². The van der Waals surface area contributed by atoms with E-state index in [4.69, 9.17) is 4.74 Å².